The van der Waals surface area contributed by atoms with Crippen LogP contribution in [-0.2, 0) is 4.79 Å². The number of aldehydes is 1. The molecule has 0 radical (unpaired) electrons. The summed E-state index contributed by atoms with van der Waals surface area (Å²) in [5.41, 5.74) is 2.07. The zero-order chi connectivity index (χ0) is 9.97. The molecule has 2 rings (SSSR count). The lowest BCUT2D eigenvalue weighted by molar-refractivity contribution is -0.108. The van der Waals surface area contributed by atoms with E-state index in [1.807, 2.05) is 25.1 Å². The third-order valence-electron chi connectivity index (χ3n) is 2.29. The van der Waals surface area contributed by atoms with E-state index >= 15 is 0 Å². The lowest BCUT2D eigenvalue weighted by Gasteiger charge is -2.06. The average Bonchev–Trinajstić information content (AvgIpc) is 2.64. The molecular weight excluding hydrogens is 196 g/mol. The Bertz CT molecular complexity index is 452. The molecule has 72 valence electrons. The summed E-state index contributed by atoms with van der Waals surface area (Å²) < 4.78 is 4.96. The molecule has 0 aliphatic carbocycles. The Balaban J connectivity index is 2.38. The van der Waals surface area contributed by atoms with E-state index in [2.05, 4.69) is 9.59 Å². The van der Waals surface area contributed by atoms with Gasteiger partial charge < -0.3 is 4.79 Å². The fourth-order valence-corrected chi connectivity index (χ4v) is 1.92. The Morgan fingerprint density at radius 2 is 2.43 bits per heavy atom. The molecule has 4 heteroatoms. The first-order valence-corrected chi connectivity index (χ1v) is 5.24. The highest BCUT2D eigenvalue weighted by molar-refractivity contribution is 7.12. The van der Waals surface area contributed by atoms with Gasteiger partial charge in [-0.2, -0.15) is 0 Å². The molecular formula is C10H10N2OS. The van der Waals surface area contributed by atoms with Gasteiger partial charge in [0.15, 0.2) is 0 Å². The van der Waals surface area contributed by atoms with Crippen molar-refractivity contribution in [1.82, 2.24) is 9.59 Å². The van der Waals surface area contributed by atoms with E-state index < -0.39 is 0 Å². The SMILES string of the molecule is CC(CC=O)c1ccc2snnc2c1. The predicted molar refractivity (Wildman–Crippen MR) is 56.5 cm³/mol. The van der Waals surface area contributed by atoms with Crippen LogP contribution >= 0.6 is 11.5 Å². The van der Waals surface area contributed by atoms with E-state index in [4.69, 9.17) is 0 Å². The van der Waals surface area contributed by atoms with E-state index in [1.165, 1.54) is 11.5 Å². The van der Waals surface area contributed by atoms with Gasteiger partial charge in [-0.05, 0) is 35.1 Å². The normalized spacial score (nSPS) is 12.9. The number of carbonyl (C=O) groups is 1. The number of hydrogen-bond acceptors (Lipinski definition) is 4. The molecule has 0 amide bonds. The maximum absolute atomic E-state index is 10.4. The highest BCUT2D eigenvalue weighted by atomic mass is 32.1. The van der Waals surface area contributed by atoms with Gasteiger partial charge in [-0.1, -0.05) is 17.5 Å². The van der Waals surface area contributed by atoms with Crippen molar-refractivity contribution in [3.8, 4) is 0 Å². The van der Waals surface area contributed by atoms with Gasteiger partial charge >= 0.3 is 0 Å². The van der Waals surface area contributed by atoms with Gasteiger partial charge in [0.1, 0.15) is 11.8 Å². The van der Waals surface area contributed by atoms with Crippen molar-refractivity contribution < 1.29 is 4.79 Å². The molecule has 0 N–H and O–H groups in total. The predicted octanol–water partition coefficient (Wildman–Crippen LogP) is 2.38. The van der Waals surface area contributed by atoms with Crippen molar-refractivity contribution in [3.63, 3.8) is 0 Å². The first-order valence-electron chi connectivity index (χ1n) is 4.47. The minimum Gasteiger partial charge on any atom is -0.303 e. The molecule has 0 bridgehead atoms. The second-order valence-electron chi connectivity index (χ2n) is 3.30. The van der Waals surface area contributed by atoms with Gasteiger partial charge in [0.2, 0.25) is 0 Å². The summed E-state index contributed by atoms with van der Waals surface area (Å²) >= 11 is 1.39. The van der Waals surface area contributed by atoms with Crippen LogP contribution in [0.1, 0.15) is 24.8 Å². The molecule has 1 aromatic heterocycles. The van der Waals surface area contributed by atoms with Gasteiger partial charge in [0, 0.05) is 6.42 Å². The topological polar surface area (TPSA) is 42.9 Å². The summed E-state index contributed by atoms with van der Waals surface area (Å²) in [6.45, 7) is 2.04. The monoisotopic (exact) mass is 206 g/mol. The van der Waals surface area contributed by atoms with Gasteiger partial charge in [-0.15, -0.1) is 5.10 Å². The molecule has 1 unspecified atom stereocenters. The van der Waals surface area contributed by atoms with E-state index in [1.54, 1.807) is 0 Å². The zero-order valence-electron chi connectivity index (χ0n) is 7.80. The lowest BCUT2D eigenvalue weighted by atomic mass is 9.98. The number of fused-ring (bicyclic) bond motifs is 1. The number of carbonyl (C=O) groups excluding carboxylic acids is 1. The summed E-state index contributed by atoms with van der Waals surface area (Å²) in [4.78, 5) is 10.4. The first kappa shape index (κ1) is 9.27. The maximum atomic E-state index is 10.4. The summed E-state index contributed by atoms with van der Waals surface area (Å²) in [7, 11) is 0. The molecule has 0 saturated carbocycles. The Labute approximate surface area is 85.9 Å². The Morgan fingerprint density at radius 3 is 3.21 bits per heavy atom. The van der Waals surface area contributed by atoms with Crippen molar-refractivity contribution in [2.45, 2.75) is 19.3 Å². The molecule has 0 aliphatic heterocycles. The summed E-state index contributed by atoms with van der Waals surface area (Å²) in [5, 5.41) is 4.00. The standard InChI is InChI=1S/C10H10N2OS/c1-7(4-5-13)8-2-3-10-9(6-8)11-12-14-10/h2-3,5-7H,4H2,1H3. The molecule has 2 aromatic rings. The van der Waals surface area contributed by atoms with Crippen LogP contribution in [-0.4, -0.2) is 15.9 Å². The van der Waals surface area contributed by atoms with Gasteiger partial charge in [-0.3, -0.25) is 0 Å². The van der Waals surface area contributed by atoms with Crippen LogP contribution in [0.3, 0.4) is 0 Å². The van der Waals surface area contributed by atoms with Gasteiger partial charge in [0.05, 0.1) is 4.70 Å². The summed E-state index contributed by atoms with van der Waals surface area (Å²) in [6.07, 6.45) is 1.51. The molecule has 0 aliphatic rings. The van der Waals surface area contributed by atoms with Crippen LogP contribution in [0.4, 0.5) is 0 Å². The van der Waals surface area contributed by atoms with Crippen LogP contribution in [0.15, 0.2) is 18.2 Å². The number of nitrogens with zero attached hydrogens (tertiary/aromatic N) is 2. The first-order chi connectivity index (χ1) is 6.81. The molecule has 0 spiro atoms. The second-order valence-corrected chi connectivity index (χ2v) is 4.09. The number of benzene rings is 1. The third-order valence-corrected chi connectivity index (χ3v) is 2.99. The van der Waals surface area contributed by atoms with Gasteiger partial charge in [0.25, 0.3) is 0 Å². The summed E-state index contributed by atoms with van der Waals surface area (Å²) in [5.74, 6) is 0.263. The number of rotatable bonds is 3. The number of hydrogen-bond donors (Lipinski definition) is 0. The molecule has 3 nitrogen and oxygen atoms in total. The molecule has 1 aromatic carbocycles. The molecule has 1 heterocycles. The molecule has 1 atom stereocenters. The van der Waals surface area contributed by atoms with Crippen molar-refractivity contribution in [2.75, 3.05) is 0 Å². The largest absolute Gasteiger partial charge is 0.303 e. The number of aromatic nitrogens is 2. The smallest absolute Gasteiger partial charge is 0.120 e. The fraction of sp³-hybridized carbons (Fsp3) is 0.300. The van der Waals surface area contributed by atoms with Gasteiger partial charge in [-0.25, -0.2) is 0 Å². The fourth-order valence-electron chi connectivity index (χ4n) is 1.39. The van der Waals surface area contributed by atoms with Crippen LogP contribution in [0.5, 0.6) is 0 Å². The van der Waals surface area contributed by atoms with E-state index in [0.29, 0.717) is 6.42 Å². The second kappa shape index (κ2) is 3.84. The average molecular weight is 206 g/mol. The maximum Gasteiger partial charge on any atom is 0.120 e. The van der Waals surface area contributed by atoms with Crippen molar-refractivity contribution >= 4 is 28.0 Å². The highest BCUT2D eigenvalue weighted by Crippen LogP contribution is 2.23. The Hall–Kier alpha value is -1.29. The van der Waals surface area contributed by atoms with Crippen molar-refractivity contribution in [1.29, 1.82) is 0 Å². The Kier molecular flexibility index (Phi) is 2.54. The van der Waals surface area contributed by atoms with Crippen LogP contribution in [0.2, 0.25) is 0 Å². The molecule has 0 fully saturated rings. The molecule has 0 saturated heterocycles. The highest BCUT2D eigenvalue weighted by Gasteiger charge is 2.06. The quantitative estimate of drug-likeness (QED) is 0.724. The Morgan fingerprint density at radius 1 is 1.57 bits per heavy atom. The third kappa shape index (κ3) is 1.65. The van der Waals surface area contributed by atoms with Crippen molar-refractivity contribution in [2.24, 2.45) is 0 Å². The summed E-state index contributed by atoms with van der Waals surface area (Å²) in [6, 6.07) is 6.06. The minimum absolute atomic E-state index is 0.263. The molecule has 14 heavy (non-hydrogen) atoms. The van der Waals surface area contributed by atoms with E-state index in [9.17, 15) is 4.79 Å². The zero-order valence-corrected chi connectivity index (χ0v) is 8.62. The lowest BCUT2D eigenvalue weighted by Crippen LogP contribution is -1.93. The van der Waals surface area contributed by atoms with E-state index in [0.717, 1.165) is 22.1 Å². The van der Waals surface area contributed by atoms with Crippen LogP contribution in [0, 0.1) is 0 Å². The van der Waals surface area contributed by atoms with Crippen molar-refractivity contribution in [3.05, 3.63) is 23.8 Å². The minimum atomic E-state index is 0.263. The van der Waals surface area contributed by atoms with Crippen LogP contribution < -0.4 is 0 Å². The van der Waals surface area contributed by atoms with E-state index in [-0.39, 0.29) is 5.92 Å². The van der Waals surface area contributed by atoms with Crippen LogP contribution in [0.25, 0.3) is 10.2 Å².